The van der Waals surface area contributed by atoms with Gasteiger partial charge in [0.1, 0.15) is 0 Å². The molecular formula is C8H11N3O2S2. The number of urea groups is 1. The molecule has 15 heavy (non-hydrogen) atoms. The molecule has 1 rings (SSSR count). The topological polar surface area (TPSA) is 85.1 Å². The van der Waals surface area contributed by atoms with Crippen molar-refractivity contribution in [2.24, 2.45) is 5.73 Å². The van der Waals surface area contributed by atoms with E-state index in [2.05, 4.69) is 4.98 Å². The van der Waals surface area contributed by atoms with Gasteiger partial charge in [0.15, 0.2) is 4.34 Å². The minimum absolute atomic E-state index is 0.386. The molecule has 0 saturated carbocycles. The second-order valence-electron chi connectivity index (χ2n) is 2.87. The Bertz CT molecular complexity index is 378. The van der Waals surface area contributed by atoms with Crippen LogP contribution in [-0.2, 0) is 4.79 Å². The molecule has 1 atom stereocenters. The molecule has 0 aromatic carbocycles. The van der Waals surface area contributed by atoms with Crippen molar-refractivity contribution in [1.82, 2.24) is 10.3 Å². The summed E-state index contributed by atoms with van der Waals surface area (Å²) in [4.78, 5) is 25.9. The fourth-order valence-electron chi connectivity index (χ4n) is 0.814. The Kier molecular flexibility index (Phi) is 4.10. The minimum Gasteiger partial charge on any atom is -0.351 e. The summed E-state index contributed by atoms with van der Waals surface area (Å²) in [7, 11) is 0. The van der Waals surface area contributed by atoms with Crippen LogP contribution in [0.5, 0.6) is 0 Å². The number of carbonyl (C=O) groups excluding carboxylic acids is 2. The Morgan fingerprint density at radius 3 is 2.80 bits per heavy atom. The molecule has 3 amide bonds. The van der Waals surface area contributed by atoms with E-state index in [4.69, 9.17) is 5.73 Å². The van der Waals surface area contributed by atoms with Crippen molar-refractivity contribution in [3.05, 3.63) is 11.1 Å². The summed E-state index contributed by atoms with van der Waals surface area (Å²) in [5.74, 6) is -0.402. The molecule has 1 aromatic rings. The molecule has 5 nitrogen and oxygen atoms in total. The summed E-state index contributed by atoms with van der Waals surface area (Å²) in [5, 5.41) is 3.54. The second-order valence-corrected chi connectivity index (χ2v) is 5.31. The van der Waals surface area contributed by atoms with E-state index in [-0.39, 0.29) is 5.25 Å². The molecule has 0 saturated heterocycles. The normalized spacial score (nSPS) is 12.1. The molecule has 0 spiro atoms. The van der Waals surface area contributed by atoms with Gasteiger partial charge in [0.05, 0.1) is 5.25 Å². The summed E-state index contributed by atoms with van der Waals surface area (Å²) < 4.78 is 0.805. The molecule has 7 heteroatoms. The first-order chi connectivity index (χ1) is 6.99. The van der Waals surface area contributed by atoms with Gasteiger partial charge in [-0.05, 0) is 13.8 Å². The Labute approximate surface area is 95.5 Å². The summed E-state index contributed by atoms with van der Waals surface area (Å²) in [6.45, 7) is 3.58. The van der Waals surface area contributed by atoms with Gasteiger partial charge < -0.3 is 5.73 Å². The largest absolute Gasteiger partial charge is 0.351 e. The van der Waals surface area contributed by atoms with E-state index < -0.39 is 11.9 Å². The summed E-state index contributed by atoms with van der Waals surface area (Å²) in [6, 6.07) is -0.831. The van der Waals surface area contributed by atoms with E-state index in [0.717, 1.165) is 10.0 Å². The number of hydrogen-bond acceptors (Lipinski definition) is 5. The number of hydrogen-bond donors (Lipinski definition) is 2. The van der Waals surface area contributed by atoms with Crippen molar-refractivity contribution in [3.8, 4) is 0 Å². The zero-order chi connectivity index (χ0) is 11.4. The number of imide groups is 1. The predicted molar refractivity (Wildman–Crippen MR) is 59.9 cm³/mol. The van der Waals surface area contributed by atoms with Gasteiger partial charge in [-0.2, -0.15) is 0 Å². The number of primary amides is 1. The Morgan fingerprint density at radius 2 is 2.33 bits per heavy atom. The van der Waals surface area contributed by atoms with Crippen LogP contribution >= 0.6 is 23.1 Å². The van der Waals surface area contributed by atoms with Crippen LogP contribution in [0, 0.1) is 6.92 Å². The molecule has 0 radical (unpaired) electrons. The zero-order valence-corrected chi connectivity index (χ0v) is 9.95. The van der Waals surface area contributed by atoms with Gasteiger partial charge in [-0.25, -0.2) is 9.78 Å². The number of rotatable bonds is 3. The molecule has 0 aliphatic carbocycles. The number of aryl methyl sites for hydroxylation is 1. The highest BCUT2D eigenvalue weighted by Gasteiger charge is 2.17. The maximum atomic E-state index is 11.3. The van der Waals surface area contributed by atoms with Crippen molar-refractivity contribution in [2.45, 2.75) is 23.4 Å². The number of amides is 3. The summed E-state index contributed by atoms with van der Waals surface area (Å²) in [6.07, 6.45) is 0. The van der Waals surface area contributed by atoms with Crippen molar-refractivity contribution in [3.63, 3.8) is 0 Å². The number of nitrogens with zero attached hydrogens (tertiary/aromatic N) is 1. The van der Waals surface area contributed by atoms with Crippen molar-refractivity contribution < 1.29 is 9.59 Å². The SMILES string of the molecule is Cc1csc(S[C@H](C)C(=O)NC(N)=O)n1. The molecule has 0 unspecified atom stereocenters. The molecule has 0 aliphatic rings. The van der Waals surface area contributed by atoms with Crippen molar-refractivity contribution >= 4 is 35.0 Å². The van der Waals surface area contributed by atoms with E-state index in [9.17, 15) is 9.59 Å². The molecule has 1 heterocycles. The van der Waals surface area contributed by atoms with Crippen LogP contribution < -0.4 is 11.1 Å². The van der Waals surface area contributed by atoms with Crippen LogP contribution in [0.2, 0.25) is 0 Å². The predicted octanol–water partition coefficient (Wildman–Crippen LogP) is 1.13. The molecule has 0 aliphatic heterocycles. The lowest BCUT2D eigenvalue weighted by Gasteiger charge is -2.07. The summed E-state index contributed by atoms with van der Waals surface area (Å²) >= 11 is 2.77. The van der Waals surface area contributed by atoms with Gasteiger partial charge >= 0.3 is 6.03 Å². The number of aromatic nitrogens is 1. The minimum atomic E-state index is -0.831. The molecule has 0 fully saturated rings. The Hall–Kier alpha value is -1.08. The monoisotopic (exact) mass is 245 g/mol. The third-order valence-electron chi connectivity index (χ3n) is 1.49. The van der Waals surface area contributed by atoms with Gasteiger partial charge in [-0.3, -0.25) is 10.1 Å². The number of thiazole rings is 1. The van der Waals surface area contributed by atoms with Crippen molar-refractivity contribution in [2.75, 3.05) is 0 Å². The van der Waals surface area contributed by atoms with Gasteiger partial charge in [0, 0.05) is 11.1 Å². The van der Waals surface area contributed by atoms with Crippen LogP contribution in [0.3, 0.4) is 0 Å². The van der Waals surface area contributed by atoms with Gasteiger partial charge in [-0.15, -0.1) is 11.3 Å². The molecular weight excluding hydrogens is 234 g/mol. The fraction of sp³-hybridized carbons (Fsp3) is 0.375. The number of carbonyl (C=O) groups is 2. The van der Waals surface area contributed by atoms with Crippen molar-refractivity contribution in [1.29, 1.82) is 0 Å². The average molecular weight is 245 g/mol. The first kappa shape index (κ1) is 12.0. The highest BCUT2D eigenvalue weighted by molar-refractivity contribution is 8.02. The van der Waals surface area contributed by atoms with E-state index in [0.29, 0.717) is 0 Å². The first-order valence-corrected chi connectivity index (χ1v) is 5.94. The van der Waals surface area contributed by atoms with E-state index >= 15 is 0 Å². The molecule has 82 valence electrons. The average Bonchev–Trinajstić information content (AvgIpc) is 2.50. The standard InChI is InChI=1S/C8H11N3O2S2/c1-4-3-14-8(10-4)15-5(2)6(12)11-7(9)13/h3,5H,1-2H3,(H3,9,11,12,13)/t5-/m1/s1. The van der Waals surface area contributed by atoms with Gasteiger partial charge in [0.25, 0.3) is 0 Å². The smallest absolute Gasteiger partial charge is 0.318 e. The molecule has 1 aromatic heterocycles. The summed E-state index contributed by atoms with van der Waals surface area (Å²) in [5.41, 5.74) is 5.76. The van der Waals surface area contributed by atoms with Gasteiger partial charge in [0.2, 0.25) is 5.91 Å². The van der Waals surface area contributed by atoms with Gasteiger partial charge in [-0.1, -0.05) is 11.8 Å². The lowest BCUT2D eigenvalue weighted by Crippen LogP contribution is -2.39. The molecule has 0 bridgehead atoms. The van der Waals surface area contributed by atoms with Crippen LogP contribution in [0.25, 0.3) is 0 Å². The highest BCUT2D eigenvalue weighted by Crippen LogP contribution is 2.26. The Balaban J connectivity index is 2.51. The number of nitrogens with two attached hydrogens (primary N) is 1. The number of thioether (sulfide) groups is 1. The fourth-order valence-corrected chi connectivity index (χ4v) is 2.80. The van der Waals surface area contributed by atoms with E-state index in [1.165, 1.54) is 23.1 Å². The quantitative estimate of drug-likeness (QED) is 0.782. The van der Waals surface area contributed by atoms with Crippen LogP contribution in [-0.4, -0.2) is 22.2 Å². The maximum absolute atomic E-state index is 11.3. The van der Waals surface area contributed by atoms with Crippen LogP contribution in [0.4, 0.5) is 4.79 Å². The Morgan fingerprint density at radius 1 is 1.67 bits per heavy atom. The lowest BCUT2D eigenvalue weighted by atomic mass is 10.4. The van der Waals surface area contributed by atoms with E-state index in [1.807, 2.05) is 17.6 Å². The zero-order valence-electron chi connectivity index (χ0n) is 8.31. The highest BCUT2D eigenvalue weighted by atomic mass is 32.2. The number of nitrogens with one attached hydrogen (secondary N) is 1. The van der Waals surface area contributed by atoms with Crippen LogP contribution in [0.1, 0.15) is 12.6 Å². The van der Waals surface area contributed by atoms with E-state index in [1.54, 1.807) is 6.92 Å². The lowest BCUT2D eigenvalue weighted by molar-refractivity contribution is -0.119. The third-order valence-corrected chi connectivity index (χ3v) is 3.68. The van der Waals surface area contributed by atoms with Crippen LogP contribution in [0.15, 0.2) is 9.72 Å². The maximum Gasteiger partial charge on any atom is 0.318 e. The second kappa shape index (κ2) is 5.13. The molecule has 3 N–H and O–H groups in total. The third kappa shape index (κ3) is 3.88. The first-order valence-electron chi connectivity index (χ1n) is 4.18.